The monoisotopic (exact) mass is 425 g/mol. The summed E-state index contributed by atoms with van der Waals surface area (Å²) in [7, 11) is 0. The van der Waals surface area contributed by atoms with Crippen LogP contribution in [0.1, 0.15) is 28.8 Å². The number of fused-ring (bicyclic) bond motifs is 1. The second kappa shape index (κ2) is 9.08. The smallest absolute Gasteiger partial charge is 0.290 e. The molecule has 0 aliphatic carbocycles. The van der Waals surface area contributed by atoms with E-state index in [4.69, 9.17) is 19.4 Å². The van der Waals surface area contributed by atoms with Gasteiger partial charge in [0.25, 0.3) is 12.4 Å². The summed E-state index contributed by atoms with van der Waals surface area (Å²) >= 11 is 0. The first-order chi connectivity index (χ1) is 15.1. The Hall–Kier alpha value is -2.90. The fourth-order valence-corrected chi connectivity index (χ4v) is 5.26. The molecular formula is C24H27NO6. The predicted octanol–water partition coefficient (Wildman–Crippen LogP) is 2.58. The summed E-state index contributed by atoms with van der Waals surface area (Å²) in [6.45, 7) is 1.56. The van der Waals surface area contributed by atoms with Crippen LogP contribution in [0, 0.1) is 11.8 Å². The molecule has 0 radical (unpaired) electrons. The number of likely N-dealkylation sites (tertiary alicyclic amines) is 1. The highest BCUT2D eigenvalue weighted by molar-refractivity contribution is 5.97. The van der Waals surface area contributed by atoms with E-state index in [1.807, 2.05) is 59.5 Å². The van der Waals surface area contributed by atoms with Crippen LogP contribution < -0.4 is 4.74 Å². The van der Waals surface area contributed by atoms with Gasteiger partial charge in [-0.1, -0.05) is 42.5 Å². The standard InChI is InChI=1S/C23H25NO4.CH2O2/c25-13-18-19-12-24(15-23(19)11-10-21(18)28-23)22(26)17-8-4-5-9-20(17)27-14-16-6-2-1-3-7-16;2-1-3/h1-9,18-19,21,25H,10-15H2;1H,(H,2,3)/t18-,19+,21+,23+;/m0./s1. The Kier molecular flexibility index (Phi) is 6.25. The van der Waals surface area contributed by atoms with Gasteiger partial charge in [0.05, 0.1) is 23.8 Å². The second-order valence-electron chi connectivity index (χ2n) is 8.27. The zero-order chi connectivity index (χ0) is 21.8. The van der Waals surface area contributed by atoms with E-state index in [0.717, 1.165) is 18.4 Å². The molecule has 5 rings (SSSR count). The Labute approximate surface area is 181 Å². The van der Waals surface area contributed by atoms with Crippen molar-refractivity contribution in [3.05, 3.63) is 65.7 Å². The summed E-state index contributed by atoms with van der Waals surface area (Å²) in [4.78, 5) is 23.6. The summed E-state index contributed by atoms with van der Waals surface area (Å²) in [5, 5.41) is 16.7. The molecule has 7 heteroatoms. The molecule has 3 aliphatic rings. The highest BCUT2D eigenvalue weighted by Crippen LogP contribution is 2.54. The summed E-state index contributed by atoms with van der Waals surface area (Å²) in [5.74, 6) is 0.972. The molecule has 3 heterocycles. The molecule has 164 valence electrons. The first-order valence-corrected chi connectivity index (χ1v) is 10.5. The number of carboxylic acid groups (broad SMARTS) is 1. The van der Waals surface area contributed by atoms with Crippen LogP contribution in [0.3, 0.4) is 0 Å². The van der Waals surface area contributed by atoms with Crippen molar-refractivity contribution in [1.82, 2.24) is 4.90 Å². The molecule has 31 heavy (non-hydrogen) atoms. The van der Waals surface area contributed by atoms with Crippen molar-refractivity contribution in [2.45, 2.75) is 31.2 Å². The number of benzene rings is 2. The number of aliphatic hydroxyl groups is 1. The molecule has 0 saturated carbocycles. The minimum absolute atomic E-state index is 0.0174. The van der Waals surface area contributed by atoms with Gasteiger partial charge in [-0.2, -0.15) is 0 Å². The molecule has 1 spiro atoms. The molecule has 1 amide bonds. The van der Waals surface area contributed by atoms with Gasteiger partial charge < -0.3 is 24.6 Å². The Bertz CT molecular complexity index is 919. The van der Waals surface area contributed by atoms with Gasteiger partial charge >= 0.3 is 0 Å². The van der Waals surface area contributed by atoms with Crippen LogP contribution in [0.15, 0.2) is 54.6 Å². The number of hydrogen-bond donors (Lipinski definition) is 2. The number of amides is 1. The quantitative estimate of drug-likeness (QED) is 0.715. The van der Waals surface area contributed by atoms with Crippen molar-refractivity contribution in [3.8, 4) is 5.75 Å². The Morgan fingerprint density at radius 1 is 1.19 bits per heavy atom. The van der Waals surface area contributed by atoms with E-state index in [1.54, 1.807) is 0 Å². The summed E-state index contributed by atoms with van der Waals surface area (Å²) in [6, 6.07) is 17.4. The zero-order valence-corrected chi connectivity index (χ0v) is 17.2. The maximum Gasteiger partial charge on any atom is 0.290 e. The largest absolute Gasteiger partial charge is 0.488 e. The number of rotatable bonds is 5. The minimum atomic E-state index is -0.256. The topological polar surface area (TPSA) is 96.3 Å². The van der Waals surface area contributed by atoms with E-state index in [-0.39, 0.29) is 42.5 Å². The van der Waals surface area contributed by atoms with Crippen molar-refractivity contribution in [1.29, 1.82) is 0 Å². The number of hydrogen-bond acceptors (Lipinski definition) is 5. The molecule has 2 bridgehead atoms. The average molecular weight is 425 g/mol. The van der Waals surface area contributed by atoms with E-state index < -0.39 is 0 Å². The first kappa shape index (κ1) is 21.3. The van der Waals surface area contributed by atoms with Crippen LogP contribution in [0.5, 0.6) is 5.75 Å². The molecule has 3 saturated heterocycles. The van der Waals surface area contributed by atoms with Crippen molar-refractivity contribution >= 4 is 12.4 Å². The van der Waals surface area contributed by atoms with Crippen LogP contribution in [0.2, 0.25) is 0 Å². The van der Waals surface area contributed by atoms with Gasteiger partial charge in [0, 0.05) is 25.0 Å². The van der Waals surface area contributed by atoms with Crippen LogP contribution in [-0.4, -0.2) is 58.9 Å². The number of ether oxygens (including phenoxy) is 2. The normalized spacial score (nSPS) is 27.9. The summed E-state index contributed by atoms with van der Waals surface area (Å²) in [5.41, 5.74) is 1.40. The molecule has 7 nitrogen and oxygen atoms in total. The lowest BCUT2D eigenvalue weighted by atomic mass is 9.74. The van der Waals surface area contributed by atoms with Gasteiger partial charge in [-0.25, -0.2) is 0 Å². The van der Waals surface area contributed by atoms with Crippen LogP contribution in [0.4, 0.5) is 0 Å². The van der Waals surface area contributed by atoms with Crippen molar-refractivity contribution in [2.75, 3.05) is 19.7 Å². The SMILES string of the molecule is O=C(c1ccccc1OCc1ccccc1)N1C[C@@H]2[C@H](CO)[C@H]3CC[C@]2(C1)O3.O=CO. The average Bonchev–Trinajstić information content (AvgIpc) is 3.47. The van der Waals surface area contributed by atoms with E-state index in [2.05, 4.69) is 0 Å². The van der Waals surface area contributed by atoms with Gasteiger partial charge in [0.2, 0.25) is 0 Å². The second-order valence-corrected chi connectivity index (χ2v) is 8.27. The minimum Gasteiger partial charge on any atom is -0.488 e. The van der Waals surface area contributed by atoms with Crippen molar-refractivity contribution in [3.63, 3.8) is 0 Å². The third kappa shape index (κ3) is 4.03. The molecule has 4 atom stereocenters. The maximum absolute atomic E-state index is 13.3. The fourth-order valence-electron chi connectivity index (χ4n) is 5.26. The first-order valence-electron chi connectivity index (χ1n) is 10.5. The Morgan fingerprint density at radius 3 is 2.65 bits per heavy atom. The molecule has 3 aliphatic heterocycles. The number of nitrogens with zero attached hydrogens (tertiary/aromatic N) is 1. The van der Waals surface area contributed by atoms with Crippen LogP contribution in [-0.2, 0) is 16.1 Å². The molecule has 3 fully saturated rings. The van der Waals surface area contributed by atoms with Gasteiger partial charge in [-0.15, -0.1) is 0 Å². The van der Waals surface area contributed by atoms with E-state index in [1.165, 1.54) is 0 Å². The summed E-state index contributed by atoms with van der Waals surface area (Å²) < 4.78 is 12.2. The van der Waals surface area contributed by atoms with Crippen LogP contribution in [0.25, 0.3) is 0 Å². The number of carbonyl (C=O) groups excluding carboxylic acids is 1. The highest BCUT2D eigenvalue weighted by atomic mass is 16.5. The maximum atomic E-state index is 13.3. The predicted molar refractivity (Wildman–Crippen MR) is 113 cm³/mol. The van der Waals surface area contributed by atoms with Gasteiger partial charge in [0.1, 0.15) is 12.4 Å². The molecular weight excluding hydrogens is 398 g/mol. The zero-order valence-electron chi connectivity index (χ0n) is 17.2. The number of para-hydroxylation sites is 1. The lowest BCUT2D eigenvalue weighted by Gasteiger charge is -2.27. The molecule has 0 unspecified atom stereocenters. The van der Waals surface area contributed by atoms with Crippen molar-refractivity contribution < 1.29 is 29.3 Å². The summed E-state index contributed by atoms with van der Waals surface area (Å²) in [6.07, 6.45) is 2.13. The Balaban J connectivity index is 0.000000730. The van der Waals surface area contributed by atoms with Gasteiger partial charge in [-0.3, -0.25) is 9.59 Å². The van der Waals surface area contributed by atoms with E-state index in [0.29, 0.717) is 31.0 Å². The Morgan fingerprint density at radius 2 is 1.90 bits per heavy atom. The highest BCUT2D eigenvalue weighted by Gasteiger charge is 2.63. The molecule has 0 aromatic heterocycles. The molecule has 2 aromatic rings. The third-order valence-electron chi connectivity index (χ3n) is 6.64. The van der Waals surface area contributed by atoms with Crippen molar-refractivity contribution in [2.24, 2.45) is 11.8 Å². The van der Waals surface area contributed by atoms with Gasteiger partial charge in [-0.05, 0) is 30.5 Å². The van der Waals surface area contributed by atoms with E-state index >= 15 is 0 Å². The third-order valence-corrected chi connectivity index (χ3v) is 6.64. The lowest BCUT2D eigenvalue weighted by molar-refractivity contribution is -0.122. The van der Waals surface area contributed by atoms with Gasteiger partial charge in [0.15, 0.2) is 0 Å². The molecule has 2 aromatic carbocycles. The molecule has 2 N–H and O–H groups in total. The fraction of sp³-hybridized carbons (Fsp3) is 0.417. The lowest BCUT2D eigenvalue weighted by Crippen LogP contribution is -2.38. The van der Waals surface area contributed by atoms with E-state index in [9.17, 15) is 9.90 Å². The van der Waals surface area contributed by atoms with Crippen LogP contribution >= 0.6 is 0 Å². The number of carbonyl (C=O) groups is 2. The number of aliphatic hydroxyl groups excluding tert-OH is 1.